The largest absolute Gasteiger partial charge is 0.454 e. The molecule has 10 aromatic carbocycles. The van der Waals surface area contributed by atoms with Crippen LogP contribution in [0.25, 0.3) is 62.3 Å². The van der Waals surface area contributed by atoms with E-state index in [9.17, 15) is 0 Å². The van der Waals surface area contributed by atoms with Crippen molar-refractivity contribution in [2.45, 2.75) is 116 Å². The molecule has 0 radical (unpaired) electrons. The number of fused-ring (bicyclic) bond motifs is 13. The van der Waals surface area contributed by atoms with Crippen LogP contribution in [0.15, 0.2) is 241 Å². The SMILES string of the molecule is CC(C)(C)c1ccc(N(C2=CC3C(C=C2)c2c(cc(N(c4ccc(C(C)(C)C)cc4)c4ccc(C(C)(C)C)cc4)c4oc5ccccc5c24)C3(c2ccc3c(c2)sc2ccccc23)c2ccc3sc4ccccc4c3c2)c2ccc(C(C)(C)C)cc2)cc1. The van der Waals surface area contributed by atoms with Gasteiger partial charge in [0.1, 0.15) is 5.58 Å². The van der Waals surface area contributed by atoms with Crippen molar-refractivity contribution < 1.29 is 4.42 Å². The number of allylic oxidation sites excluding steroid dienone is 3. The van der Waals surface area contributed by atoms with E-state index in [4.69, 9.17) is 4.42 Å². The number of anilines is 5. The number of para-hydroxylation sites is 1. The van der Waals surface area contributed by atoms with E-state index >= 15 is 0 Å². The first kappa shape index (κ1) is 56.1. The lowest BCUT2D eigenvalue weighted by Gasteiger charge is -2.41. The molecule has 5 heteroatoms. The summed E-state index contributed by atoms with van der Waals surface area (Å²) in [5.41, 5.74) is 17.8. The zero-order valence-electron chi connectivity index (χ0n) is 52.7. The van der Waals surface area contributed by atoms with Crippen molar-refractivity contribution in [2.75, 3.05) is 9.80 Å². The molecular weight excluding hydrogens is 1110 g/mol. The lowest BCUT2D eigenvalue weighted by Crippen LogP contribution is -2.36. The van der Waals surface area contributed by atoms with Crippen LogP contribution in [0.3, 0.4) is 0 Å². The van der Waals surface area contributed by atoms with Gasteiger partial charge in [0.2, 0.25) is 0 Å². The molecule has 3 aromatic heterocycles. The van der Waals surface area contributed by atoms with Crippen LogP contribution in [-0.4, -0.2) is 0 Å². The smallest absolute Gasteiger partial charge is 0.159 e. The Morgan fingerprint density at radius 1 is 0.398 bits per heavy atom. The van der Waals surface area contributed by atoms with Gasteiger partial charge in [0.15, 0.2) is 5.58 Å². The minimum Gasteiger partial charge on any atom is -0.454 e. The maximum atomic E-state index is 7.49. The minimum absolute atomic E-state index is 0.00263. The molecule has 0 aliphatic heterocycles. The first-order valence-electron chi connectivity index (χ1n) is 31.4. The number of nitrogens with zero attached hydrogens (tertiary/aromatic N) is 2. The summed E-state index contributed by atoms with van der Waals surface area (Å²) < 4.78 is 12.7. The van der Waals surface area contributed by atoms with Gasteiger partial charge in [-0.3, -0.25) is 0 Å². The minimum atomic E-state index is -0.769. The van der Waals surface area contributed by atoms with Crippen LogP contribution in [-0.2, 0) is 27.1 Å². The van der Waals surface area contributed by atoms with Crippen molar-refractivity contribution in [3.8, 4) is 0 Å². The fourth-order valence-corrected chi connectivity index (χ4v) is 16.8. The monoisotopic (exact) mass is 1180 g/mol. The molecule has 3 unspecified atom stereocenters. The summed E-state index contributed by atoms with van der Waals surface area (Å²) in [5, 5.41) is 7.46. The van der Waals surface area contributed by atoms with Crippen LogP contribution < -0.4 is 9.80 Å². The summed E-state index contributed by atoms with van der Waals surface area (Å²) in [4.78, 5) is 5.01. The Morgan fingerprint density at radius 2 is 0.830 bits per heavy atom. The van der Waals surface area contributed by atoms with E-state index in [1.807, 2.05) is 22.7 Å². The van der Waals surface area contributed by atoms with Crippen LogP contribution >= 0.6 is 22.7 Å². The number of thiophene rings is 2. The first-order chi connectivity index (χ1) is 42.1. The van der Waals surface area contributed by atoms with Gasteiger partial charge in [-0.05, 0) is 163 Å². The topological polar surface area (TPSA) is 19.6 Å². The van der Waals surface area contributed by atoms with Crippen molar-refractivity contribution in [3.63, 3.8) is 0 Å². The van der Waals surface area contributed by atoms with Gasteiger partial charge in [-0.1, -0.05) is 217 Å². The Kier molecular flexibility index (Phi) is 12.9. The van der Waals surface area contributed by atoms with Gasteiger partial charge >= 0.3 is 0 Å². The summed E-state index contributed by atoms with van der Waals surface area (Å²) in [6.45, 7) is 27.6. The molecule has 88 heavy (non-hydrogen) atoms. The predicted molar refractivity (Wildman–Crippen MR) is 380 cm³/mol. The van der Waals surface area contributed by atoms with Gasteiger partial charge in [0, 0.05) is 91.4 Å². The van der Waals surface area contributed by atoms with E-state index in [1.54, 1.807) is 0 Å². The third kappa shape index (κ3) is 9.09. The van der Waals surface area contributed by atoms with E-state index in [0.29, 0.717) is 0 Å². The summed E-state index contributed by atoms with van der Waals surface area (Å²) in [5.74, 6) is -0.192. The molecule has 2 aliphatic carbocycles. The van der Waals surface area contributed by atoms with Crippen LogP contribution in [0.2, 0.25) is 0 Å². The number of hydrogen-bond acceptors (Lipinski definition) is 5. The van der Waals surface area contributed by atoms with Gasteiger partial charge in [-0.2, -0.15) is 0 Å². The molecule has 0 saturated heterocycles. The predicted octanol–water partition coefficient (Wildman–Crippen LogP) is 24.3. The molecule has 0 fully saturated rings. The quantitative estimate of drug-likeness (QED) is 0.151. The maximum Gasteiger partial charge on any atom is 0.159 e. The highest BCUT2D eigenvalue weighted by Gasteiger charge is 2.56. The molecular formula is C83H76N2OS2. The standard InChI is InChI=1S/C83H76N2OS2/c1-79(2,3)51-25-35-57(36-26-51)84(58-37-27-52(28-38-58)80(4,5)6)61-43-45-65-68(49-61)83(55-34-46-74-67(47-55)63-20-15-18-24-73(63)87-74,56-33-44-64-62-19-14-17-23-72(62)88-75(64)48-56)69-50-70(78-77(76(65)69)66-21-13-16-22-71(66)86-78)85(59-39-29-53(30-40-59)81(7,8)9)60-41-31-54(32-42-60)82(10,11)12/h13-50,65,68H,1-12H3. The van der Waals surface area contributed by atoms with Crippen LogP contribution in [0, 0.1) is 5.92 Å². The van der Waals surface area contributed by atoms with E-state index in [0.717, 1.165) is 50.7 Å². The average Bonchev–Trinajstić information content (AvgIpc) is 1.52. The normalized spacial score (nSPS) is 17.2. The molecule has 2 aliphatic rings. The molecule has 15 rings (SSSR count). The van der Waals surface area contributed by atoms with E-state index < -0.39 is 5.41 Å². The Balaban J connectivity index is 1.09. The summed E-state index contributed by atoms with van der Waals surface area (Å²) >= 11 is 3.79. The fraction of sp³-hybridized carbons (Fsp3) is 0.229. The number of benzene rings is 10. The van der Waals surface area contributed by atoms with Crippen molar-refractivity contribution in [3.05, 3.63) is 281 Å². The maximum absolute atomic E-state index is 7.49. The molecule has 0 spiro atoms. The first-order valence-corrected chi connectivity index (χ1v) is 33.0. The lowest BCUT2D eigenvalue weighted by molar-refractivity contribution is 0.455. The van der Waals surface area contributed by atoms with Crippen molar-refractivity contribution in [2.24, 2.45) is 5.92 Å². The van der Waals surface area contributed by atoms with Gasteiger partial charge < -0.3 is 14.2 Å². The second-order valence-corrected chi connectivity index (χ2v) is 31.1. The molecule has 13 aromatic rings. The highest BCUT2D eigenvalue weighted by Crippen LogP contribution is 2.65. The Bertz CT molecular complexity index is 4830. The van der Waals surface area contributed by atoms with Crippen molar-refractivity contribution >= 4 is 113 Å². The van der Waals surface area contributed by atoms with Crippen LogP contribution in [0.1, 0.15) is 134 Å². The zero-order valence-corrected chi connectivity index (χ0v) is 54.3. The number of rotatable bonds is 8. The molecule has 3 heterocycles. The average molecular weight is 1180 g/mol. The lowest BCUT2D eigenvalue weighted by atomic mass is 9.62. The second-order valence-electron chi connectivity index (χ2n) is 28.9. The summed E-state index contributed by atoms with van der Waals surface area (Å²) in [7, 11) is 0. The zero-order chi connectivity index (χ0) is 60.8. The van der Waals surface area contributed by atoms with E-state index in [1.165, 1.54) is 90.2 Å². The fourth-order valence-electron chi connectivity index (χ4n) is 14.5. The highest BCUT2D eigenvalue weighted by molar-refractivity contribution is 7.26. The number of furan rings is 1. The third-order valence-electron chi connectivity index (χ3n) is 19.3. The Hall–Kier alpha value is -8.48. The number of hydrogen-bond donors (Lipinski definition) is 0. The van der Waals surface area contributed by atoms with E-state index in [2.05, 4.69) is 323 Å². The van der Waals surface area contributed by atoms with Crippen molar-refractivity contribution in [1.82, 2.24) is 0 Å². The van der Waals surface area contributed by atoms with Gasteiger partial charge in [-0.15, -0.1) is 22.7 Å². The van der Waals surface area contributed by atoms with Crippen LogP contribution in [0.4, 0.5) is 28.4 Å². The molecule has 0 saturated carbocycles. The molecule has 3 atom stereocenters. The van der Waals surface area contributed by atoms with E-state index in [-0.39, 0.29) is 33.5 Å². The van der Waals surface area contributed by atoms with Crippen LogP contribution in [0.5, 0.6) is 0 Å². The van der Waals surface area contributed by atoms with Gasteiger partial charge in [0.25, 0.3) is 0 Å². The second kappa shape index (κ2) is 20.3. The summed E-state index contributed by atoms with van der Waals surface area (Å²) in [6.07, 6.45) is 7.67. The van der Waals surface area contributed by atoms with Crippen molar-refractivity contribution in [1.29, 1.82) is 0 Å². The molecule has 0 amide bonds. The molecule has 436 valence electrons. The molecule has 0 N–H and O–H groups in total. The molecule has 0 bridgehead atoms. The van der Waals surface area contributed by atoms with Gasteiger partial charge in [-0.25, -0.2) is 0 Å². The third-order valence-corrected chi connectivity index (χ3v) is 21.6. The summed E-state index contributed by atoms with van der Waals surface area (Å²) in [6, 6.07) is 81.6. The Labute approximate surface area is 526 Å². The van der Waals surface area contributed by atoms with Gasteiger partial charge in [0.05, 0.1) is 11.1 Å². The Morgan fingerprint density at radius 3 is 1.36 bits per heavy atom. The molecule has 3 nitrogen and oxygen atoms in total. The highest BCUT2D eigenvalue weighted by atomic mass is 32.1.